The predicted octanol–water partition coefficient (Wildman–Crippen LogP) is 1.05. The molecule has 0 radical (unpaired) electrons. The zero-order chi connectivity index (χ0) is 11.5. The zero-order valence-corrected chi connectivity index (χ0v) is 9.04. The van der Waals surface area contributed by atoms with Crippen molar-refractivity contribution in [2.75, 3.05) is 7.11 Å². The van der Waals surface area contributed by atoms with Gasteiger partial charge in [-0.3, -0.25) is 9.48 Å². The molecule has 0 aliphatic heterocycles. The minimum absolute atomic E-state index is 0.197. The standard InChI is InChI=1S/C11H11N3O2/c1-14-8(5-7-13-14)11(15)10-9(16-2)4-3-6-12-10/h3-7H,1-2H3. The fourth-order valence-corrected chi connectivity index (χ4v) is 1.44. The maximum absolute atomic E-state index is 12.1. The lowest BCUT2D eigenvalue weighted by molar-refractivity contribution is 0.102. The molecule has 82 valence electrons. The Balaban J connectivity index is 2.46. The van der Waals surface area contributed by atoms with Crippen LogP contribution >= 0.6 is 0 Å². The highest BCUT2D eigenvalue weighted by atomic mass is 16.5. The molecule has 0 fully saturated rings. The Labute approximate surface area is 92.7 Å². The number of carbonyl (C=O) groups excluding carboxylic acids is 1. The van der Waals surface area contributed by atoms with E-state index in [0.29, 0.717) is 17.1 Å². The molecule has 2 heterocycles. The van der Waals surface area contributed by atoms with Crippen LogP contribution in [0.5, 0.6) is 5.75 Å². The number of rotatable bonds is 3. The average Bonchev–Trinajstić information content (AvgIpc) is 2.74. The minimum atomic E-state index is -0.197. The molecule has 2 aromatic heterocycles. The minimum Gasteiger partial charge on any atom is -0.494 e. The van der Waals surface area contributed by atoms with Crippen molar-refractivity contribution in [2.45, 2.75) is 0 Å². The van der Waals surface area contributed by atoms with Gasteiger partial charge in [-0.25, -0.2) is 4.98 Å². The van der Waals surface area contributed by atoms with Crippen LogP contribution in [0.2, 0.25) is 0 Å². The quantitative estimate of drug-likeness (QED) is 0.721. The molecule has 0 aliphatic carbocycles. The summed E-state index contributed by atoms with van der Waals surface area (Å²) in [4.78, 5) is 16.1. The summed E-state index contributed by atoms with van der Waals surface area (Å²) >= 11 is 0. The number of nitrogens with zero attached hydrogens (tertiary/aromatic N) is 3. The molecule has 0 bridgehead atoms. The SMILES string of the molecule is COc1cccnc1C(=O)c1ccnn1C. The summed E-state index contributed by atoms with van der Waals surface area (Å²) in [6.07, 6.45) is 3.13. The van der Waals surface area contributed by atoms with Crippen molar-refractivity contribution in [3.8, 4) is 5.75 Å². The van der Waals surface area contributed by atoms with Crippen molar-refractivity contribution in [2.24, 2.45) is 7.05 Å². The van der Waals surface area contributed by atoms with Gasteiger partial charge in [0.05, 0.1) is 7.11 Å². The lowest BCUT2D eigenvalue weighted by atomic mass is 10.2. The molecular formula is C11H11N3O2. The molecule has 16 heavy (non-hydrogen) atoms. The van der Waals surface area contributed by atoms with Crippen molar-refractivity contribution in [3.63, 3.8) is 0 Å². The van der Waals surface area contributed by atoms with Crippen LogP contribution in [-0.2, 0) is 7.05 Å². The molecule has 0 saturated carbocycles. The summed E-state index contributed by atoms with van der Waals surface area (Å²) in [5.74, 6) is 0.270. The maximum atomic E-state index is 12.1. The van der Waals surface area contributed by atoms with E-state index in [-0.39, 0.29) is 5.78 Å². The molecular weight excluding hydrogens is 206 g/mol. The summed E-state index contributed by atoms with van der Waals surface area (Å²) in [7, 11) is 3.22. The number of aromatic nitrogens is 3. The Hall–Kier alpha value is -2.17. The van der Waals surface area contributed by atoms with E-state index in [1.165, 1.54) is 11.8 Å². The van der Waals surface area contributed by atoms with Gasteiger partial charge in [-0.1, -0.05) is 0 Å². The number of hydrogen-bond donors (Lipinski definition) is 0. The molecule has 5 nitrogen and oxygen atoms in total. The number of hydrogen-bond acceptors (Lipinski definition) is 4. The third kappa shape index (κ3) is 1.67. The van der Waals surface area contributed by atoms with E-state index in [2.05, 4.69) is 10.1 Å². The average molecular weight is 217 g/mol. The van der Waals surface area contributed by atoms with Gasteiger partial charge in [-0.05, 0) is 18.2 Å². The smallest absolute Gasteiger partial charge is 0.233 e. The van der Waals surface area contributed by atoms with E-state index >= 15 is 0 Å². The van der Waals surface area contributed by atoms with Crippen LogP contribution in [0.4, 0.5) is 0 Å². The van der Waals surface area contributed by atoms with Crippen LogP contribution in [0, 0.1) is 0 Å². The molecule has 0 unspecified atom stereocenters. The number of carbonyl (C=O) groups is 1. The summed E-state index contributed by atoms with van der Waals surface area (Å²) in [5, 5.41) is 3.95. The summed E-state index contributed by atoms with van der Waals surface area (Å²) in [5.41, 5.74) is 0.783. The van der Waals surface area contributed by atoms with Crippen molar-refractivity contribution in [1.82, 2.24) is 14.8 Å². The molecule has 0 atom stereocenters. The largest absolute Gasteiger partial charge is 0.494 e. The van der Waals surface area contributed by atoms with E-state index in [0.717, 1.165) is 0 Å². The van der Waals surface area contributed by atoms with Crippen molar-refractivity contribution in [3.05, 3.63) is 42.0 Å². The van der Waals surface area contributed by atoms with E-state index in [4.69, 9.17) is 4.74 Å². The van der Waals surface area contributed by atoms with Crippen LogP contribution in [0.15, 0.2) is 30.6 Å². The van der Waals surface area contributed by atoms with Gasteiger partial charge in [-0.2, -0.15) is 5.10 Å². The normalized spacial score (nSPS) is 10.1. The first kappa shape index (κ1) is 10.4. The zero-order valence-electron chi connectivity index (χ0n) is 9.04. The Bertz CT molecular complexity index is 519. The Morgan fingerprint density at radius 2 is 2.19 bits per heavy atom. The van der Waals surface area contributed by atoms with Crippen LogP contribution in [0.3, 0.4) is 0 Å². The highest BCUT2D eigenvalue weighted by Crippen LogP contribution is 2.17. The summed E-state index contributed by atoms with van der Waals surface area (Å²) in [6.45, 7) is 0. The van der Waals surface area contributed by atoms with Gasteiger partial charge < -0.3 is 4.74 Å². The summed E-state index contributed by atoms with van der Waals surface area (Å²) in [6, 6.07) is 5.08. The second-order valence-electron chi connectivity index (χ2n) is 3.22. The van der Waals surface area contributed by atoms with E-state index in [1.807, 2.05) is 0 Å². The first-order chi connectivity index (χ1) is 7.74. The van der Waals surface area contributed by atoms with Gasteiger partial charge in [-0.15, -0.1) is 0 Å². The number of ether oxygens (including phenoxy) is 1. The van der Waals surface area contributed by atoms with Gasteiger partial charge in [0, 0.05) is 19.4 Å². The van der Waals surface area contributed by atoms with Crippen molar-refractivity contribution in [1.29, 1.82) is 0 Å². The number of methoxy groups -OCH3 is 1. The first-order valence-electron chi connectivity index (χ1n) is 4.75. The summed E-state index contributed by atoms with van der Waals surface area (Å²) < 4.78 is 6.60. The lowest BCUT2D eigenvalue weighted by Crippen LogP contribution is -2.11. The molecule has 0 amide bonds. The van der Waals surface area contributed by atoms with Crippen LogP contribution < -0.4 is 4.74 Å². The Morgan fingerprint density at radius 3 is 2.81 bits per heavy atom. The van der Waals surface area contributed by atoms with E-state index in [1.54, 1.807) is 37.6 Å². The molecule has 0 aromatic carbocycles. The second-order valence-corrected chi connectivity index (χ2v) is 3.22. The highest BCUT2D eigenvalue weighted by Gasteiger charge is 2.18. The molecule has 0 N–H and O–H groups in total. The van der Waals surface area contributed by atoms with Crippen LogP contribution in [0.1, 0.15) is 16.2 Å². The number of pyridine rings is 1. The van der Waals surface area contributed by atoms with Crippen molar-refractivity contribution < 1.29 is 9.53 Å². The molecule has 0 saturated heterocycles. The Kier molecular flexibility index (Phi) is 2.68. The fourth-order valence-electron chi connectivity index (χ4n) is 1.44. The van der Waals surface area contributed by atoms with Gasteiger partial charge in [0.2, 0.25) is 5.78 Å². The van der Waals surface area contributed by atoms with Gasteiger partial charge in [0.1, 0.15) is 11.4 Å². The third-order valence-electron chi connectivity index (χ3n) is 2.26. The van der Waals surface area contributed by atoms with Gasteiger partial charge in [0.25, 0.3) is 0 Å². The molecule has 2 rings (SSSR count). The monoisotopic (exact) mass is 217 g/mol. The number of ketones is 1. The predicted molar refractivity (Wildman–Crippen MR) is 57.4 cm³/mol. The second kappa shape index (κ2) is 4.14. The molecule has 2 aromatic rings. The molecule has 5 heteroatoms. The number of aryl methyl sites for hydroxylation is 1. The van der Waals surface area contributed by atoms with Crippen molar-refractivity contribution >= 4 is 5.78 Å². The van der Waals surface area contributed by atoms with E-state index in [9.17, 15) is 4.79 Å². The maximum Gasteiger partial charge on any atom is 0.233 e. The third-order valence-corrected chi connectivity index (χ3v) is 2.26. The van der Waals surface area contributed by atoms with Crippen LogP contribution in [0.25, 0.3) is 0 Å². The van der Waals surface area contributed by atoms with E-state index < -0.39 is 0 Å². The molecule has 0 aliphatic rings. The topological polar surface area (TPSA) is 57.0 Å². The molecule has 0 spiro atoms. The fraction of sp³-hybridized carbons (Fsp3) is 0.182. The highest BCUT2D eigenvalue weighted by molar-refractivity contribution is 6.08. The van der Waals surface area contributed by atoms with Gasteiger partial charge in [0.15, 0.2) is 5.69 Å². The first-order valence-corrected chi connectivity index (χ1v) is 4.75. The lowest BCUT2D eigenvalue weighted by Gasteiger charge is -2.05. The Morgan fingerprint density at radius 1 is 1.38 bits per heavy atom. The van der Waals surface area contributed by atoms with Gasteiger partial charge >= 0.3 is 0 Å². The van der Waals surface area contributed by atoms with Crippen LogP contribution in [-0.4, -0.2) is 27.7 Å².